The first kappa shape index (κ1) is 15.7. The van der Waals surface area contributed by atoms with Crippen molar-refractivity contribution in [2.75, 3.05) is 39.3 Å². The minimum Gasteiger partial charge on any atom is -0.372 e. The van der Waals surface area contributed by atoms with E-state index in [0.29, 0.717) is 18.2 Å². The van der Waals surface area contributed by atoms with Crippen LogP contribution >= 0.6 is 0 Å². The maximum absolute atomic E-state index is 6.23. The van der Waals surface area contributed by atoms with Gasteiger partial charge < -0.3 is 10.1 Å². The monoisotopic (exact) mass is 295 g/mol. The molecule has 0 amide bonds. The molecule has 1 N–H and O–H groups in total. The molecule has 3 rings (SSSR count). The van der Waals surface area contributed by atoms with Crippen LogP contribution in [0.3, 0.4) is 0 Å². The molecule has 0 aromatic carbocycles. The second-order valence-corrected chi connectivity index (χ2v) is 7.47. The largest absolute Gasteiger partial charge is 0.372 e. The third-order valence-corrected chi connectivity index (χ3v) is 5.33. The van der Waals surface area contributed by atoms with Gasteiger partial charge in [0.15, 0.2) is 0 Å². The van der Waals surface area contributed by atoms with E-state index >= 15 is 0 Å². The number of rotatable bonds is 5. The van der Waals surface area contributed by atoms with E-state index in [1.165, 1.54) is 58.3 Å². The maximum atomic E-state index is 6.23. The van der Waals surface area contributed by atoms with Crippen LogP contribution in [0.5, 0.6) is 0 Å². The first-order chi connectivity index (χ1) is 10.2. The van der Waals surface area contributed by atoms with Gasteiger partial charge in [-0.3, -0.25) is 9.80 Å². The molecule has 3 saturated heterocycles. The number of piperidine rings is 1. The van der Waals surface area contributed by atoms with Crippen molar-refractivity contribution in [2.24, 2.45) is 0 Å². The van der Waals surface area contributed by atoms with Gasteiger partial charge in [-0.25, -0.2) is 0 Å². The Labute approximate surface area is 130 Å². The van der Waals surface area contributed by atoms with E-state index in [0.717, 1.165) is 19.1 Å². The van der Waals surface area contributed by atoms with E-state index in [9.17, 15) is 0 Å². The molecular weight excluding hydrogens is 262 g/mol. The third-order valence-electron chi connectivity index (χ3n) is 5.33. The SMILES string of the molecule is CC(C)NCC1CCC(CN2CCN3CCCCC3C2)O1. The third kappa shape index (κ3) is 4.41. The summed E-state index contributed by atoms with van der Waals surface area (Å²) in [4.78, 5) is 5.38. The van der Waals surface area contributed by atoms with Gasteiger partial charge in [-0.05, 0) is 32.2 Å². The highest BCUT2D eigenvalue weighted by molar-refractivity contribution is 4.87. The Balaban J connectivity index is 1.39. The van der Waals surface area contributed by atoms with Crippen molar-refractivity contribution in [3.8, 4) is 0 Å². The molecular formula is C17H33N3O. The highest BCUT2D eigenvalue weighted by Gasteiger charge is 2.32. The van der Waals surface area contributed by atoms with Crippen LogP contribution in [0.1, 0.15) is 46.0 Å². The van der Waals surface area contributed by atoms with E-state index in [2.05, 4.69) is 29.0 Å². The summed E-state index contributed by atoms with van der Waals surface area (Å²) < 4.78 is 6.23. The first-order valence-corrected chi connectivity index (χ1v) is 9.06. The van der Waals surface area contributed by atoms with E-state index in [1.54, 1.807) is 0 Å². The zero-order valence-electron chi connectivity index (χ0n) is 13.9. The van der Waals surface area contributed by atoms with Gasteiger partial charge >= 0.3 is 0 Å². The number of hydrogen-bond donors (Lipinski definition) is 1. The van der Waals surface area contributed by atoms with Crippen LogP contribution in [0.2, 0.25) is 0 Å². The highest BCUT2D eigenvalue weighted by Crippen LogP contribution is 2.24. The molecule has 0 aromatic rings. The van der Waals surface area contributed by atoms with Gasteiger partial charge in [-0.2, -0.15) is 0 Å². The van der Waals surface area contributed by atoms with E-state index < -0.39 is 0 Å². The van der Waals surface area contributed by atoms with Crippen LogP contribution in [0.25, 0.3) is 0 Å². The van der Waals surface area contributed by atoms with Crippen molar-refractivity contribution in [3.63, 3.8) is 0 Å². The highest BCUT2D eigenvalue weighted by atomic mass is 16.5. The summed E-state index contributed by atoms with van der Waals surface area (Å²) in [6.45, 7) is 11.7. The van der Waals surface area contributed by atoms with Gasteiger partial charge in [-0.15, -0.1) is 0 Å². The molecule has 122 valence electrons. The average molecular weight is 295 g/mol. The Morgan fingerprint density at radius 3 is 2.76 bits per heavy atom. The molecule has 4 heteroatoms. The number of nitrogens with zero attached hydrogens (tertiary/aromatic N) is 2. The molecule has 0 aliphatic carbocycles. The minimum absolute atomic E-state index is 0.438. The van der Waals surface area contributed by atoms with E-state index in [1.807, 2.05) is 0 Å². The molecule has 0 radical (unpaired) electrons. The Morgan fingerprint density at radius 1 is 1.05 bits per heavy atom. The molecule has 0 spiro atoms. The van der Waals surface area contributed by atoms with Crippen LogP contribution in [0, 0.1) is 0 Å². The van der Waals surface area contributed by atoms with Gasteiger partial charge in [0.2, 0.25) is 0 Å². The fraction of sp³-hybridized carbons (Fsp3) is 1.00. The number of ether oxygens (including phenoxy) is 1. The van der Waals surface area contributed by atoms with Crippen molar-refractivity contribution >= 4 is 0 Å². The quantitative estimate of drug-likeness (QED) is 0.835. The zero-order chi connectivity index (χ0) is 14.7. The standard InChI is InChI=1S/C17H33N3O/c1-14(2)18-11-16-6-7-17(21-16)13-19-9-10-20-8-4-3-5-15(20)12-19/h14-18H,3-13H2,1-2H3. The van der Waals surface area contributed by atoms with Crippen LogP contribution in [-0.4, -0.2) is 73.4 Å². The fourth-order valence-corrected chi connectivity index (χ4v) is 4.11. The molecule has 3 aliphatic heterocycles. The normalized spacial score (nSPS) is 35.3. The average Bonchev–Trinajstić information content (AvgIpc) is 2.92. The number of fused-ring (bicyclic) bond motifs is 1. The first-order valence-electron chi connectivity index (χ1n) is 9.06. The summed E-state index contributed by atoms with van der Waals surface area (Å²) in [7, 11) is 0. The van der Waals surface area contributed by atoms with Crippen LogP contribution < -0.4 is 5.32 Å². The lowest BCUT2D eigenvalue weighted by molar-refractivity contribution is -0.00613. The lowest BCUT2D eigenvalue weighted by atomic mass is 9.99. The molecule has 0 bridgehead atoms. The van der Waals surface area contributed by atoms with Crippen molar-refractivity contribution in [3.05, 3.63) is 0 Å². The molecule has 3 unspecified atom stereocenters. The number of nitrogens with one attached hydrogen (secondary N) is 1. The summed E-state index contributed by atoms with van der Waals surface area (Å²) in [6.07, 6.45) is 7.63. The Bertz CT molecular complexity index is 323. The van der Waals surface area contributed by atoms with Gasteiger partial charge in [0.1, 0.15) is 0 Å². The summed E-state index contributed by atoms with van der Waals surface area (Å²) in [6, 6.07) is 1.39. The topological polar surface area (TPSA) is 27.7 Å². The molecule has 0 aromatic heterocycles. The molecule has 3 atom stereocenters. The van der Waals surface area contributed by atoms with Gasteiger partial charge in [-0.1, -0.05) is 20.3 Å². The van der Waals surface area contributed by atoms with Crippen LogP contribution in [-0.2, 0) is 4.74 Å². The maximum Gasteiger partial charge on any atom is 0.0707 e. The lowest BCUT2D eigenvalue weighted by Gasteiger charge is -2.44. The van der Waals surface area contributed by atoms with Gasteiger partial charge in [0.05, 0.1) is 12.2 Å². The number of hydrogen-bond acceptors (Lipinski definition) is 4. The smallest absolute Gasteiger partial charge is 0.0707 e. The van der Waals surface area contributed by atoms with E-state index in [4.69, 9.17) is 4.74 Å². The van der Waals surface area contributed by atoms with Crippen LogP contribution in [0.4, 0.5) is 0 Å². The summed E-state index contributed by atoms with van der Waals surface area (Å²) in [5, 5.41) is 3.50. The Kier molecular flexibility index (Phi) is 5.54. The van der Waals surface area contributed by atoms with Crippen molar-refractivity contribution < 1.29 is 4.74 Å². The van der Waals surface area contributed by atoms with Crippen molar-refractivity contribution in [1.82, 2.24) is 15.1 Å². The zero-order valence-corrected chi connectivity index (χ0v) is 13.9. The molecule has 3 fully saturated rings. The van der Waals surface area contributed by atoms with Crippen LogP contribution in [0.15, 0.2) is 0 Å². The lowest BCUT2D eigenvalue weighted by Crippen LogP contribution is -2.55. The second kappa shape index (κ2) is 7.40. The van der Waals surface area contributed by atoms with Gasteiger partial charge in [0, 0.05) is 44.8 Å². The molecule has 0 saturated carbocycles. The van der Waals surface area contributed by atoms with Crippen molar-refractivity contribution in [2.45, 2.75) is 70.2 Å². The Hall–Kier alpha value is -0.160. The number of piperazine rings is 1. The predicted octanol–water partition coefficient (Wildman–Crippen LogP) is 1.70. The summed E-state index contributed by atoms with van der Waals surface area (Å²) >= 11 is 0. The molecule has 4 nitrogen and oxygen atoms in total. The summed E-state index contributed by atoms with van der Waals surface area (Å²) in [5.74, 6) is 0. The molecule has 21 heavy (non-hydrogen) atoms. The molecule has 3 heterocycles. The Morgan fingerprint density at radius 2 is 1.90 bits per heavy atom. The minimum atomic E-state index is 0.438. The van der Waals surface area contributed by atoms with E-state index in [-0.39, 0.29) is 0 Å². The van der Waals surface area contributed by atoms with Crippen molar-refractivity contribution in [1.29, 1.82) is 0 Å². The van der Waals surface area contributed by atoms with Gasteiger partial charge in [0.25, 0.3) is 0 Å². The summed E-state index contributed by atoms with van der Waals surface area (Å²) in [5.41, 5.74) is 0. The fourth-order valence-electron chi connectivity index (χ4n) is 4.11. The second-order valence-electron chi connectivity index (χ2n) is 7.47. The molecule has 3 aliphatic rings. The predicted molar refractivity (Wildman–Crippen MR) is 86.7 cm³/mol.